The Bertz CT molecular complexity index is 494. The Morgan fingerprint density at radius 1 is 1.38 bits per heavy atom. The van der Waals surface area contributed by atoms with Crippen LogP contribution in [0.3, 0.4) is 0 Å². The molecule has 1 aromatic rings. The highest BCUT2D eigenvalue weighted by atomic mass is 16.5. The summed E-state index contributed by atoms with van der Waals surface area (Å²) in [5.41, 5.74) is 0.536. The Hall–Kier alpha value is -1.56. The molecule has 2 heterocycles. The van der Waals surface area contributed by atoms with Crippen LogP contribution in [0.25, 0.3) is 0 Å². The summed E-state index contributed by atoms with van der Waals surface area (Å²) in [5, 5.41) is 13.6. The van der Waals surface area contributed by atoms with E-state index >= 15 is 0 Å². The van der Waals surface area contributed by atoms with Gasteiger partial charge in [0.05, 0.1) is 19.4 Å². The van der Waals surface area contributed by atoms with E-state index in [-0.39, 0.29) is 18.6 Å². The first-order valence-electron chi connectivity index (χ1n) is 7.91. The number of fused-ring (bicyclic) bond motifs is 1. The van der Waals surface area contributed by atoms with E-state index in [0.717, 1.165) is 38.6 Å². The number of aryl methyl sites for hydroxylation is 1. The van der Waals surface area contributed by atoms with Crippen LogP contribution < -0.4 is 4.74 Å². The smallest absolute Gasteiger partial charge is 0.261 e. The first-order valence-corrected chi connectivity index (χ1v) is 7.91. The van der Waals surface area contributed by atoms with Crippen LogP contribution in [0.1, 0.15) is 48.9 Å². The minimum absolute atomic E-state index is 0.00737. The quantitative estimate of drug-likeness (QED) is 0.912. The third-order valence-electron chi connectivity index (χ3n) is 4.39. The molecule has 1 fully saturated rings. The molecule has 0 unspecified atom stereocenters. The number of carbonyl (C=O) groups excluding carboxylic acids is 1. The molecule has 0 aromatic carbocycles. The zero-order valence-electron chi connectivity index (χ0n) is 12.3. The van der Waals surface area contributed by atoms with Crippen molar-refractivity contribution in [2.24, 2.45) is 0 Å². The lowest BCUT2D eigenvalue weighted by Gasteiger charge is -2.34. The lowest BCUT2D eigenvalue weighted by Crippen LogP contribution is -2.43. The molecular formula is C15H23N3O3. The number of aromatic nitrogens is 2. The van der Waals surface area contributed by atoms with E-state index in [0.29, 0.717) is 24.6 Å². The zero-order valence-corrected chi connectivity index (χ0v) is 12.3. The van der Waals surface area contributed by atoms with Crippen molar-refractivity contribution in [2.75, 3.05) is 19.8 Å². The maximum absolute atomic E-state index is 12.8. The Morgan fingerprint density at radius 3 is 2.95 bits per heavy atom. The molecule has 1 amide bonds. The second kappa shape index (κ2) is 6.47. The van der Waals surface area contributed by atoms with Gasteiger partial charge in [0.2, 0.25) is 5.88 Å². The second-order valence-electron chi connectivity index (χ2n) is 5.80. The summed E-state index contributed by atoms with van der Waals surface area (Å²) >= 11 is 0. The molecule has 0 spiro atoms. The van der Waals surface area contributed by atoms with E-state index in [4.69, 9.17) is 4.74 Å². The highest BCUT2D eigenvalue weighted by molar-refractivity contribution is 5.96. The number of amides is 1. The van der Waals surface area contributed by atoms with Crippen LogP contribution >= 0.6 is 0 Å². The van der Waals surface area contributed by atoms with Crippen LogP contribution in [-0.2, 0) is 6.54 Å². The number of aliphatic hydroxyl groups is 1. The van der Waals surface area contributed by atoms with E-state index in [1.807, 2.05) is 4.90 Å². The highest BCUT2D eigenvalue weighted by Gasteiger charge is 2.30. The van der Waals surface area contributed by atoms with Gasteiger partial charge in [-0.3, -0.25) is 4.79 Å². The number of rotatable bonds is 4. The summed E-state index contributed by atoms with van der Waals surface area (Å²) in [5.74, 6) is 0.532. The van der Waals surface area contributed by atoms with Crippen molar-refractivity contribution in [2.45, 2.75) is 51.1 Å². The van der Waals surface area contributed by atoms with Crippen LogP contribution in [-0.4, -0.2) is 51.5 Å². The van der Waals surface area contributed by atoms with Gasteiger partial charge in [-0.1, -0.05) is 19.3 Å². The molecule has 2 aliphatic rings. The molecule has 3 rings (SSSR count). The van der Waals surface area contributed by atoms with Crippen LogP contribution in [0.2, 0.25) is 0 Å². The maximum Gasteiger partial charge on any atom is 0.261 e. The Balaban J connectivity index is 1.81. The van der Waals surface area contributed by atoms with Crippen molar-refractivity contribution < 1.29 is 14.6 Å². The molecule has 0 atom stereocenters. The monoisotopic (exact) mass is 293 g/mol. The lowest BCUT2D eigenvalue weighted by molar-refractivity contribution is 0.0579. The Morgan fingerprint density at radius 2 is 2.19 bits per heavy atom. The maximum atomic E-state index is 12.8. The minimum Gasteiger partial charge on any atom is -0.477 e. The van der Waals surface area contributed by atoms with Crippen molar-refractivity contribution in [1.29, 1.82) is 0 Å². The average molecular weight is 293 g/mol. The molecule has 6 heteroatoms. The molecule has 0 saturated heterocycles. The number of carbonyl (C=O) groups is 1. The number of aliphatic hydroxyl groups excluding tert-OH is 1. The third kappa shape index (κ3) is 2.90. The van der Waals surface area contributed by atoms with Gasteiger partial charge in [-0.25, -0.2) is 4.68 Å². The zero-order chi connectivity index (χ0) is 14.7. The molecule has 116 valence electrons. The standard InChI is InChI=1S/C15H23N3O3/c19-9-8-17(12-5-2-1-3-6-12)14(20)13-11-16-18-7-4-10-21-15(13)18/h11-12,19H,1-10H2. The van der Waals surface area contributed by atoms with Gasteiger partial charge in [0.15, 0.2) is 0 Å². The number of hydrogen-bond acceptors (Lipinski definition) is 4. The molecule has 1 aliphatic heterocycles. The van der Waals surface area contributed by atoms with Crippen molar-refractivity contribution in [1.82, 2.24) is 14.7 Å². The van der Waals surface area contributed by atoms with Crippen molar-refractivity contribution in [3.63, 3.8) is 0 Å². The molecule has 1 N–H and O–H groups in total. The van der Waals surface area contributed by atoms with Crippen LogP contribution in [0.15, 0.2) is 6.20 Å². The first-order chi connectivity index (χ1) is 10.3. The van der Waals surface area contributed by atoms with E-state index in [9.17, 15) is 9.90 Å². The fourth-order valence-electron chi connectivity index (χ4n) is 3.32. The van der Waals surface area contributed by atoms with Crippen LogP contribution in [0.4, 0.5) is 0 Å². The summed E-state index contributed by atoms with van der Waals surface area (Å²) in [6.45, 7) is 1.81. The summed E-state index contributed by atoms with van der Waals surface area (Å²) < 4.78 is 7.38. The molecule has 0 bridgehead atoms. The highest BCUT2D eigenvalue weighted by Crippen LogP contribution is 2.28. The Kier molecular flexibility index (Phi) is 4.43. The summed E-state index contributed by atoms with van der Waals surface area (Å²) in [6, 6.07) is 0.234. The predicted molar refractivity (Wildman–Crippen MR) is 77.3 cm³/mol. The van der Waals surface area contributed by atoms with E-state index in [2.05, 4.69) is 5.10 Å². The number of ether oxygens (including phenoxy) is 1. The van der Waals surface area contributed by atoms with Gasteiger partial charge in [-0.05, 0) is 12.8 Å². The van der Waals surface area contributed by atoms with Crippen molar-refractivity contribution in [3.8, 4) is 5.88 Å². The normalized spacial score (nSPS) is 18.9. The summed E-state index contributed by atoms with van der Waals surface area (Å²) in [6.07, 6.45) is 8.13. The summed E-state index contributed by atoms with van der Waals surface area (Å²) in [4.78, 5) is 14.7. The van der Waals surface area contributed by atoms with Gasteiger partial charge in [-0.15, -0.1) is 0 Å². The van der Waals surface area contributed by atoms with Gasteiger partial charge in [0.25, 0.3) is 5.91 Å². The fourth-order valence-corrected chi connectivity index (χ4v) is 3.32. The van der Waals surface area contributed by atoms with Gasteiger partial charge >= 0.3 is 0 Å². The van der Waals surface area contributed by atoms with E-state index < -0.39 is 0 Å². The Labute approximate surface area is 124 Å². The molecule has 1 saturated carbocycles. The predicted octanol–water partition coefficient (Wildman–Crippen LogP) is 1.43. The largest absolute Gasteiger partial charge is 0.477 e. The third-order valence-corrected chi connectivity index (χ3v) is 4.39. The molecule has 21 heavy (non-hydrogen) atoms. The summed E-state index contributed by atoms with van der Waals surface area (Å²) in [7, 11) is 0. The fraction of sp³-hybridized carbons (Fsp3) is 0.733. The van der Waals surface area contributed by atoms with E-state index in [1.165, 1.54) is 6.42 Å². The van der Waals surface area contributed by atoms with Crippen LogP contribution in [0, 0.1) is 0 Å². The van der Waals surface area contributed by atoms with Gasteiger partial charge in [-0.2, -0.15) is 5.10 Å². The first kappa shape index (κ1) is 14.4. The topological polar surface area (TPSA) is 67.6 Å². The molecule has 1 aromatic heterocycles. The average Bonchev–Trinajstić information content (AvgIpc) is 2.97. The molecule has 1 aliphatic carbocycles. The minimum atomic E-state index is -0.0564. The van der Waals surface area contributed by atoms with Crippen LogP contribution in [0.5, 0.6) is 5.88 Å². The molecular weight excluding hydrogens is 270 g/mol. The van der Waals surface area contributed by atoms with Gasteiger partial charge < -0.3 is 14.7 Å². The second-order valence-corrected chi connectivity index (χ2v) is 5.80. The van der Waals surface area contributed by atoms with Gasteiger partial charge in [0.1, 0.15) is 5.56 Å². The SMILES string of the molecule is O=C(c1cnn2c1OCCC2)N(CCO)C1CCCCC1. The molecule has 6 nitrogen and oxygen atoms in total. The lowest BCUT2D eigenvalue weighted by atomic mass is 9.94. The number of nitrogens with zero attached hydrogens (tertiary/aromatic N) is 3. The number of hydrogen-bond donors (Lipinski definition) is 1. The molecule has 0 radical (unpaired) electrons. The van der Waals surface area contributed by atoms with Crippen molar-refractivity contribution >= 4 is 5.91 Å². The van der Waals surface area contributed by atoms with Gasteiger partial charge in [0, 0.05) is 25.6 Å². The van der Waals surface area contributed by atoms with E-state index in [1.54, 1.807) is 10.9 Å². The van der Waals surface area contributed by atoms with Crippen molar-refractivity contribution in [3.05, 3.63) is 11.8 Å².